The molecule has 192 valence electrons. The van der Waals surface area contributed by atoms with Crippen LogP contribution in [0.25, 0.3) is 22.3 Å². The minimum atomic E-state index is -0.288. The number of rotatable bonds is 8. The number of nitrogens with zero attached hydrogens (tertiary/aromatic N) is 3. The summed E-state index contributed by atoms with van der Waals surface area (Å²) in [5.74, 6) is 2.37. The summed E-state index contributed by atoms with van der Waals surface area (Å²) in [6, 6.07) is 14.6. The van der Waals surface area contributed by atoms with Crippen LogP contribution in [0.1, 0.15) is 43.4 Å². The maximum absolute atomic E-state index is 13.7. The van der Waals surface area contributed by atoms with Crippen LogP contribution in [-0.2, 0) is 0 Å². The van der Waals surface area contributed by atoms with E-state index in [0.717, 1.165) is 22.4 Å². The first-order chi connectivity index (χ1) is 17.8. The Morgan fingerprint density at radius 3 is 2.51 bits per heavy atom. The molecule has 0 N–H and O–H groups in total. The molecule has 0 fully saturated rings. The van der Waals surface area contributed by atoms with Gasteiger partial charge in [0.25, 0.3) is 5.56 Å². The number of halogens is 1. The molecule has 0 spiro atoms. The summed E-state index contributed by atoms with van der Waals surface area (Å²) in [5, 5.41) is 5.51. The van der Waals surface area contributed by atoms with E-state index in [2.05, 4.69) is 18.9 Å². The topological polar surface area (TPSA) is 74.9 Å². The molecule has 0 aliphatic heterocycles. The Balaban J connectivity index is 2.00. The van der Waals surface area contributed by atoms with Crippen LogP contribution in [0.4, 0.5) is 0 Å². The van der Waals surface area contributed by atoms with Gasteiger partial charge in [-0.15, -0.1) is 0 Å². The minimum absolute atomic E-state index is 0.202. The van der Waals surface area contributed by atoms with Crippen LogP contribution >= 0.6 is 11.6 Å². The van der Waals surface area contributed by atoms with Gasteiger partial charge in [-0.25, -0.2) is 4.98 Å². The van der Waals surface area contributed by atoms with Crippen LogP contribution in [0.3, 0.4) is 0 Å². The number of benzene rings is 3. The zero-order chi connectivity index (χ0) is 26.7. The molecule has 0 bridgehead atoms. The van der Waals surface area contributed by atoms with Crippen LogP contribution in [0.5, 0.6) is 17.2 Å². The molecule has 0 saturated carbocycles. The molecular formula is C29H30ClN3O4. The minimum Gasteiger partial charge on any atom is -0.494 e. The van der Waals surface area contributed by atoms with E-state index in [9.17, 15) is 4.79 Å². The van der Waals surface area contributed by atoms with Gasteiger partial charge in [-0.3, -0.25) is 4.79 Å². The summed E-state index contributed by atoms with van der Waals surface area (Å²) in [4.78, 5) is 18.6. The Hall–Kier alpha value is -3.84. The molecule has 0 unspecified atom stereocenters. The van der Waals surface area contributed by atoms with E-state index in [4.69, 9.17) is 30.8 Å². The lowest BCUT2D eigenvalue weighted by molar-refractivity contribution is 0.335. The highest BCUT2D eigenvalue weighted by Gasteiger charge is 2.19. The lowest BCUT2D eigenvalue weighted by Crippen LogP contribution is -2.21. The summed E-state index contributed by atoms with van der Waals surface area (Å²) in [5.41, 5.74) is 3.61. The predicted octanol–water partition coefficient (Wildman–Crippen LogP) is 6.45. The maximum atomic E-state index is 13.7. The Kier molecular flexibility index (Phi) is 7.83. The van der Waals surface area contributed by atoms with Crippen molar-refractivity contribution in [3.63, 3.8) is 0 Å². The van der Waals surface area contributed by atoms with Crippen molar-refractivity contribution >= 4 is 28.7 Å². The fraction of sp³-hybridized carbons (Fsp3) is 0.276. The van der Waals surface area contributed by atoms with Crippen LogP contribution in [0, 0.1) is 6.92 Å². The number of fused-ring (bicyclic) bond motifs is 1. The Labute approximate surface area is 221 Å². The molecule has 7 nitrogen and oxygen atoms in total. The summed E-state index contributed by atoms with van der Waals surface area (Å²) in [6.45, 7) is 8.71. The van der Waals surface area contributed by atoms with Crippen LogP contribution < -0.4 is 19.8 Å². The van der Waals surface area contributed by atoms with Crippen molar-refractivity contribution in [1.29, 1.82) is 0 Å². The predicted molar refractivity (Wildman–Crippen MR) is 149 cm³/mol. The molecule has 0 amide bonds. The summed E-state index contributed by atoms with van der Waals surface area (Å²) in [6.07, 6.45) is 1.53. The van der Waals surface area contributed by atoms with Gasteiger partial charge in [0, 0.05) is 22.2 Å². The van der Waals surface area contributed by atoms with Gasteiger partial charge in [0.2, 0.25) is 0 Å². The second-order valence-corrected chi connectivity index (χ2v) is 9.27. The fourth-order valence-corrected chi connectivity index (χ4v) is 4.47. The number of aryl methyl sites for hydroxylation is 1. The van der Waals surface area contributed by atoms with Crippen molar-refractivity contribution in [2.45, 2.75) is 33.6 Å². The molecule has 3 aromatic carbocycles. The largest absolute Gasteiger partial charge is 0.494 e. The molecule has 37 heavy (non-hydrogen) atoms. The molecule has 0 atom stereocenters. The molecule has 1 heterocycles. The Bertz CT molecular complexity index is 1540. The first-order valence-corrected chi connectivity index (χ1v) is 12.4. The van der Waals surface area contributed by atoms with Crippen molar-refractivity contribution < 1.29 is 14.2 Å². The van der Waals surface area contributed by atoms with E-state index in [-0.39, 0.29) is 11.5 Å². The van der Waals surface area contributed by atoms with Gasteiger partial charge < -0.3 is 14.2 Å². The Morgan fingerprint density at radius 1 is 1.08 bits per heavy atom. The average molecular weight is 520 g/mol. The lowest BCUT2D eigenvalue weighted by atomic mass is 9.96. The summed E-state index contributed by atoms with van der Waals surface area (Å²) in [7, 11) is 3.07. The molecule has 8 heteroatoms. The van der Waals surface area contributed by atoms with Gasteiger partial charge in [0.1, 0.15) is 5.75 Å². The third kappa shape index (κ3) is 5.18. The molecular weight excluding hydrogens is 490 g/mol. The van der Waals surface area contributed by atoms with Crippen molar-refractivity contribution in [1.82, 2.24) is 9.66 Å². The van der Waals surface area contributed by atoms with Crippen molar-refractivity contribution in [3.05, 3.63) is 80.6 Å². The molecule has 1 aromatic heterocycles. The van der Waals surface area contributed by atoms with E-state index < -0.39 is 0 Å². The number of aromatic nitrogens is 2. The number of hydrogen-bond acceptors (Lipinski definition) is 6. The zero-order valence-corrected chi connectivity index (χ0v) is 22.6. The quantitative estimate of drug-likeness (QED) is 0.250. The standard InChI is InChI=1S/C29H30ClN3O4/c1-7-37-25-12-18(4)23(15-22(25)17(2)3)28-32-24-11-9-8-10-21(24)29(34)33(28)31-16-19-13-20(30)14-26(35-5)27(19)36-6/h8-17H,7H2,1-6H3. The normalized spacial score (nSPS) is 11.5. The smallest absolute Gasteiger partial charge is 0.282 e. The number of para-hydroxylation sites is 1. The summed E-state index contributed by atoms with van der Waals surface area (Å²) >= 11 is 6.29. The molecule has 0 aliphatic carbocycles. The van der Waals surface area contributed by atoms with E-state index in [1.807, 2.05) is 44.2 Å². The monoisotopic (exact) mass is 519 g/mol. The highest BCUT2D eigenvalue weighted by molar-refractivity contribution is 6.31. The molecule has 0 aliphatic rings. The SMILES string of the molecule is CCOc1cc(C)c(-c2nc3ccccc3c(=O)n2N=Cc2cc(Cl)cc(OC)c2OC)cc1C(C)C. The first kappa shape index (κ1) is 26.2. The molecule has 4 rings (SSSR count). The summed E-state index contributed by atoms with van der Waals surface area (Å²) < 4.78 is 18.2. The maximum Gasteiger partial charge on any atom is 0.282 e. The van der Waals surface area contributed by atoms with E-state index in [0.29, 0.717) is 45.4 Å². The number of ether oxygens (including phenoxy) is 3. The number of hydrogen-bond donors (Lipinski definition) is 0. The van der Waals surface area contributed by atoms with Gasteiger partial charge in [-0.1, -0.05) is 37.6 Å². The van der Waals surface area contributed by atoms with Gasteiger partial charge in [0.05, 0.1) is 37.9 Å². The van der Waals surface area contributed by atoms with E-state index in [1.54, 1.807) is 18.2 Å². The van der Waals surface area contributed by atoms with Gasteiger partial charge in [0.15, 0.2) is 17.3 Å². The highest BCUT2D eigenvalue weighted by Crippen LogP contribution is 2.35. The van der Waals surface area contributed by atoms with Crippen LogP contribution in [-0.4, -0.2) is 36.7 Å². The van der Waals surface area contributed by atoms with Crippen molar-refractivity contribution in [2.24, 2.45) is 5.10 Å². The van der Waals surface area contributed by atoms with Crippen LogP contribution in [0.15, 0.2) is 58.4 Å². The third-order valence-corrected chi connectivity index (χ3v) is 6.28. The van der Waals surface area contributed by atoms with Crippen molar-refractivity contribution in [3.8, 4) is 28.6 Å². The van der Waals surface area contributed by atoms with Gasteiger partial charge in [-0.2, -0.15) is 9.78 Å². The van der Waals surface area contributed by atoms with Crippen LogP contribution in [0.2, 0.25) is 5.02 Å². The fourth-order valence-electron chi connectivity index (χ4n) is 4.25. The lowest BCUT2D eigenvalue weighted by Gasteiger charge is -2.18. The van der Waals surface area contributed by atoms with Gasteiger partial charge in [-0.05, 0) is 61.2 Å². The number of methoxy groups -OCH3 is 2. The molecule has 0 radical (unpaired) electrons. The second kappa shape index (κ2) is 11.0. The third-order valence-electron chi connectivity index (χ3n) is 6.06. The first-order valence-electron chi connectivity index (χ1n) is 12.0. The molecule has 0 saturated heterocycles. The van der Waals surface area contributed by atoms with Gasteiger partial charge >= 0.3 is 0 Å². The Morgan fingerprint density at radius 2 is 1.84 bits per heavy atom. The second-order valence-electron chi connectivity index (χ2n) is 8.84. The van der Waals surface area contributed by atoms with E-state index >= 15 is 0 Å². The highest BCUT2D eigenvalue weighted by atomic mass is 35.5. The van der Waals surface area contributed by atoms with E-state index in [1.165, 1.54) is 25.1 Å². The zero-order valence-electron chi connectivity index (χ0n) is 21.8. The van der Waals surface area contributed by atoms with Crippen molar-refractivity contribution in [2.75, 3.05) is 20.8 Å². The average Bonchev–Trinajstić information content (AvgIpc) is 2.87. The molecule has 4 aromatic rings.